The topological polar surface area (TPSA) is 34.1 Å². The van der Waals surface area contributed by atoms with Crippen molar-refractivity contribution in [2.75, 3.05) is 7.05 Å². The third kappa shape index (κ3) is 3.28. The molecule has 2 rings (SSSR count). The van der Waals surface area contributed by atoms with Crippen molar-refractivity contribution in [3.8, 4) is 11.5 Å². The zero-order valence-corrected chi connectivity index (χ0v) is 10.4. The maximum atomic E-state index is 13.4. The van der Waals surface area contributed by atoms with Crippen LogP contribution in [-0.2, 0) is 6.54 Å². The van der Waals surface area contributed by atoms with Crippen molar-refractivity contribution in [3.05, 3.63) is 53.6 Å². The number of pyridine rings is 1. The molecule has 94 valence electrons. The summed E-state index contributed by atoms with van der Waals surface area (Å²) in [6, 6.07) is 8.31. The van der Waals surface area contributed by atoms with E-state index in [9.17, 15) is 4.39 Å². The highest BCUT2D eigenvalue weighted by Crippen LogP contribution is 2.23. The number of aryl methyl sites for hydroxylation is 1. The lowest BCUT2D eigenvalue weighted by atomic mass is 10.2. The third-order valence-corrected chi connectivity index (χ3v) is 2.43. The summed E-state index contributed by atoms with van der Waals surface area (Å²) in [5.41, 5.74) is 1.75. The zero-order valence-electron chi connectivity index (χ0n) is 10.4. The summed E-state index contributed by atoms with van der Waals surface area (Å²) in [7, 11) is 1.81. The minimum absolute atomic E-state index is 0.308. The van der Waals surface area contributed by atoms with Gasteiger partial charge in [-0.25, -0.2) is 4.39 Å². The van der Waals surface area contributed by atoms with Crippen LogP contribution in [0.3, 0.4) is 0 Å². The molecule has 0 radical (unpaired) electrons. The van der Waals surface area contributed by atoms with Gasteiger partial charge < -0.3 is 10.1 Å². The average molecular weight is 246 g/mol. The molecule has 0 amide bonds. The number of halogens is 1. The molecule has 1 N–H and O–H groups in total. The molecule has 0 aliphatic heterocycles. The van der Waals surface area contributed by atoms with Gasteiger partial charge in [-0.1, -0.05) is 0 Å². The minimum Gasteiger partial charge on any atom is -0.456 e. The van der Waals surface area contributed by atoms with Crippen LogP contribution < -0.4 is 10.1 Å². The van der Waals surface area contributed by atoms with E-state index in [1.165, 1.54) is 12.1 Å². The lowest BCUT2D eigenvalue weighted by Gasteiger charge is -2.08. The van der Waals surface area contributed by atoms with E-state index in [1.807, 2.05) is 26.1 Å². The molecule has 0 atom stereocenters. The van der Waals surface area contributed by atoms with Crippen molar-refractivity contribution >= 4 is 0 Å². The molecular formula is C14H15FN2O. The fourth-order valence-corrected chi connectivity index (χ4v) is 1.64. The van der Waals surface area contributed by atoms with Crippen LogP contribution in [-0.4, -0.2) is 12.0 Å². The third-order valence-electron chi connectivity index (χ3n) is 2.43. The number of aromatic nitrogens is 1. The molecule has 0 bridgehead atoms. The van der Waals surface area contributed by atoms with Gasteiger partial charge in [0.15, 0.2) is 0 Å². The van der Waals surface area contributed by atoms with E-state index in [0.717, 1.165) is 11.3 Å². The van der Waals surface area contributed by atoms with Gasteiger partial charge in [0.1, 0.15) is 17.3 Å². The van der Waals surface area contributed by atoms with Crippen LogP contribution in [0.4, 0.5) is 4.39 Å². The molecular weight excluding hydrogens is 231 g/mol. The van der Waals surface area contributed by atoms with E-state index in [2.05, 4.69) is 10.3 Å². The van der Waals surface area contributed by atoms with Crippen molar-refractivity contribution in [2.45, 2.75) is 13.5 Å². The number of rotatable bonds is 4. The van der Waals surface area contributed by atoms with Gasteiger partial charge in [-0.15, -0.1) is 0 Å². The summed E-state index contributed by atoms with van der Waals surface area (Å²) in [5, 5.41) is 2.98. The van der Waals surface area contributed by atoms with Crippen molar-refractivity contribution in [2.24, 2.45) is 0 Å². The molecule has 0 aliphatic carbocycles. The number of ether oxygens (including phenoxy) is 1. The Morgan fingerprint density at radius 1 is 1.22 bits per heavy atom. The van der Waals surface area contributed by atoms with Crippen molar-refractivity contribution in [1.82, 2.24) is 10.3 Å². The molecule has 0 unspecified atom stereocenters. The van der Waals surface area contributed by atoms with E-state index < -0.39 is 0 Å². The van der Waals surface area contributed by atoms with Crippen LogP contribution in [0.1, 0.15) is 11.3 Å². The van der Waals surface area contributed by atoms with Crippen LogP contribution in [0.2, 0.25) is 0 Å². The molecule has 0 saturated carbocycles. The van der Waals surface area contributed by atoms with Gasteiger partial charge in [-0.05, 0) is 43.8 Å². The van der Waals surface area contributed by atoms with Crippen LogP contribution in [0.5, 0.6) is 11.5 Å². The molecule has 0 fully saturated rings. The van der Waals surface area contributed by atoms with Crippen LogP contribution in [0.15, 0.2) is 36.5 Å². The van der Waals surface area contributed by atoms with Gasteiger partial charge in [0.2, 0.25) is 0 Å². The second kappa shape index (κ2) is 5.60. The Morgan fingerprint density at radius 3 is 2.72 bits per heavy atom. The number of benzene rings is 1. The van der Waals surface area contributed by atoms with E-state index in [1.54, 1.807) is 12.3 Å². The predicted molar refractivity (Wildman–Crippen MR) is 68.2 cm³/mol. The first-order valence-electron chi connectivity index (χ1n) is 5.72. The Balaban J connectivity index is 2.20. The van der Waals surface area contributed by atoms with Crippen LogP contribution in [0.25, 0.3) is 0 Å². The van der Waals surface area contributed by atoms with Gasteiger partial charge in [0.25, 0.3) is 0 Å². The molecule has 18 heavy (non-hydrogen) atoms. The Morgan fingerprint density at radius 2 is 2.06 bits per heavy atom. The summed E-state index contributed by atoms with van der Waals surface area (Å²) in [4.78, 5) is 4.13. The summed E-state index contributed by atoms with van der Waals surface area (Å²) < 4.78 is 19.0. The smallest absolute Gasteiger partial charge is 0.145 e. The Labute approximate surface area is 106 Å². The molecule has 0 saturated heterocycles. The lowest BCUT2D eigenvalue weighted by Crippen LogP contribution is -2.05. The standard InChI is InChI=1S/C14H15FN2O/c1-10-3-4-13(9-17-10)18-14-6-11(8-16-2)5-12(15)7-14/h3-7,9,16H,8H2,1-2H3. The lowest BCUT2D eigenvalue weighted by molar-refractivity contribution is 0.473. The van der Waals surface area contributed by atoms with Gasteiger partial charge >= 0.3 is 0 Å². The molecule has 1 aromatic heterocycles. The summed E-state index contributed by atoms with van der Waals surface area (Å²) in [5.74, 6) is 0.769. The Kier molecular flexibility index (Phi) is 3.89. The highest BCUT2D eigenvalue weighted by atomic mass is 19.1. The predicted octanol–water partition coefficient (Wildman–Crippen LogP) is 3.04. The minimum atomic E-state index is -0.308. The second-order valence-corrected chi connectivity index (χ2v) is 4.06. The summed E-state index contributed by atoms with van der Waals surface area (Å²) >= 11 is 0. The quantitative estimate of drug-likeness (QED) is 0.900. The molecule has 4 heteroatoms. The first-order chi connectivity index (χ1) is 8.67. The largest absolute Gasteiger partial charge is 0.456 e. The first-order valence-corrected chi connectivity index (χ1v) is 5.72. The zero-order chi connectivity index (χ0) is 13.0. The average Bonchev–Trinajstić information content (AvgIpc) is 2.32. The van der Waals surface area contributed by atoms with Crippen molar-refractivity contribution < 1.29 is 9.13 Å². The number of hydrogen-bond acceptors (Lipinski definition) is 3. The highest BCUT2D eigenvalue weighted by molar-refractivity contribution is 5.34. The van der Waals surface area contributed by atoms with Gasteiger partial charge in [-0.2, -0.15) is 0 Å². The van der Waals surface area contributed by atoms with E-state index in [4.69, 9.17) is 4.74 Å². The highest BCUT2D eigenvalue weighted by Gasteiger charge is 2.03. The molecule has 3 nitrogen and oxygen atoms in total. The molecule has 2 aromatic rings. The number of nitrogens with one attached hydrogen (secondary N) is 1. The fourth-order valence-electron chi connectivity index (χ4n) is 1.64. The second-order valence-electron chi connectivity index (χ2n) is 4.06. The van der Waals surface area contributed by atoms with E-state index in [-0.39, 0.29) is 5.82 Å². The fraction of sp³-hybridized carbons (Fsp3) is 0.214. The first kappa shape index (κ1) is 12.5. The molecule has 1 aromatic carbocycles. The van der Waals surface area contributed by atoms with Gasteiger partial charge in [-0.3, -0.25) is 4.98 Å². The van der Waals surface area contributed by atoms with Gasteiger partial charge in [0.05, 0.1) is 6.20 Å². The monoisotopic (exact) mass is 246 g/mol. The van der Waals surface area contributed by atoms with Crippen LogP contribution in [0, 0.1) is 12.7 Å². The number of hydrogen-bond donors (Lipinski definition) is 1. The molecule has 1 heterocycles. The molecule has 0 aliphatic rings. The van der Waals surface area contributed by atoms with Crippen molar-refractivity contribution in [3.63, 3.8) is 0 Å². The SMILES string of the molecule is CNCc1cc(F)cc(Oc2ccc(C)nc2)c1. The van der Waals surface area contributed by atoms with E-state index in [0.29, 0.717) is 18.0 Å². The molecule has 0 spiro atoms. The van der Waals surface area contributed by atoms with Crippen LogP contribution >= 0.6 is 0 Å². The number of nitrogens with zero attached hydrogens (tertiary/aromatic N) is 1. The summed E-state index contributed by atoms with van der Waals surface area (Å²) in [6.45, 7) is 2.50. The normalized spacial score (nSPS) is 10.4. The Hall–Kier alpha value is -1.94. The maximum absolute atomic E-state index is 13.4. The Bertz CT molecular complexity index is 526. The summed E-state index contributed by atoms with van der Waals surface area (Å²) in [6.07, 6.45) is 1.62. The van der Waals surface area contributed by atoms with E-state index >= 15 is 0 Å². The van der Waals surface area contributed by atoms with Crippen molar-refractivity contribution in [1.29, 1.82) is 0 Å². The van der Waals surface area contributed by atoms with Gasteiger partial charge in [0, 0.05) is 18.3 Å². The maximum Gasteiger partial charge on any atom is 0.145 e.